The first kappa shape index (κ1) is 21.2. The van der Waals surface area contributed by atoms with Crippen LogP contribution in [-0.2, 0) is 12.8 Å². The molecular formula is C26H24N2O2S2. The van der Waals surface area contributed by atoms with Crippen molar-refractivity contribution in [1.29, 1.82) is 0 Å². The Kier molecular flexibility index (Phi) is 5.74. The Bertz CT molecular complexity index is 1350. The third-order valence-corrected chi connectivity index (χ3v) is 8.20. The lowest BCUT2D eigenvalue weighted by atomic mass is 9.97. The molecule has 6 heteroatoms. The molecule has 4 aromatic rings. The maximum Gasteiger partial charge on any atom is 0.267 e. The summed E-state index contributed by atoms with van der Waals surface area (Å²) in [7, 11) is 0. The molecule has 2 aromatic carbocycles. The highest BCUT2D eigenvalue weighted by atomic mass is 32.2. The minimum absolute atomic E-state index is 0.0296. The van der Waals surface area contributed by atoms with E-state index in [0.29, 0.717) is 10.7 Å². The zero-order valence-corrected chi connectivity index (χ0v) is 19.8. The Morgan fingerprint density at radius 2 is 1.78 bits per heavy atom. The highest BCUT2D eigenvalue weighted by molar-refractivity contribution is 8.00. The predicted molar refractivity (Wildman–Crippen MR) is 133 cm³/mol. The molecule has 0 fully saturated rings. The molecular weight excluding hydrogens is 436 g/mol. The Balaban J connectivity index is 1.62. The van der Waals surface area contributed by atoms with E-state index in [-0.39, 0.29) is 16.6 Å². The summed E-state index contributed by atoms with van der Waals surface area (Å²) in [6.07, 6.45) is 4.24. The normalized spacial score (nSPS) is 14.3. The molecule has 1 aliphatic carbocycles. The van der Waals surface area contributed by atoms with E-state index in [2.05, 4.69) is 0 Å². The maximum absolute atomic E-state index is 13.8. The van der Waals surface area contributed by atoms with Crippen molar-refractivity contribution in [2.24, 2.45) is 0 Å². The molecule has 0 N–H and O–H groups in total. The summed E-state index contributed by atoms with van der Waals surface area (Å²) >= 11 is 3.00. The molecule has 1 aliphatic rings. The van der Waals surface area contributed by atoms with Crippen LogP contribution in [0.3, 0.4) is 0 Å². The zero-order chi connectivity index (χ0) is 22.2. The number of hydrogen-bond donors (Lipinski definition) is 0. The van der Waals surface area contributed by atoms with E-state index in [1.165, 1.54) is 22.2 Å². The fraction of sp³-hybridized carbons (Fsp3) is 0.269. The second-order valence-corrected chi connectivity index (χ2v) is 10.6. The molecule has 0 bridgehead atoms. The average Bonchev–Trinajstić information content (AvgIpc) is 3.18. The molecule has 1 atom stereocenters. The van der Waals surface area contributed by atoms with E-state index in [0.717, 1.165) is 47.2 Å². The lowest BCUT2D eigenvalue weighted by Gasteiger charge is -2.16. The molecule has 162 valence electrons. The Morgan fingerprint density at radius 1 is 1.06 bits per heavy atom. The fourth-order valence-electron chi connectivity index (χ4n) is 4.23. The topological polar surface area (TPSA) is 52.0 Å². The number of fused-ring (bicyclic) bond motifs is 3. The van der Waals surface area contributed by atoms with Crippen LogP contribution in [0.2, 0.25) is 0 Å². The van der Waals surface area contributed by atoms with Crippen molar-refractivity contribution < 1.29 is 4.79 Å². The third kappa shape index (κ3) is 3.82. The molecule has 32 heavy (non-hydrogen) atoms. The summed E-state index contributed by atoms with van der Waals surface area (Å²) in [4.78, 5) is 33.9. The number of aryl methyl sites for hydroxylation is 3. The van der Waals surface area contributed by atoms with Gasteiger partial charge >= 0.3 is 0 Å². The van der Waals surface area contributed by atoms with Gasteiger partial charge in [-0.2, -0.15) is 0 Å². The van der Waals surface area contributed by atoms with Gasteiger partial charge in [0.2, 0.25) is 0 Å². The van der Waals surface area contributed by atoms with E-state index in [1.54, 1.807) is 15.9 Å². The van der Waals surface area contributed by atoms with Gasteiger partial charge in [-0.15, -0.1) is 11.3 Å². The van der Waals surface area contributed by atoms with E-state index in [1.807, 2.05) is 68.4 Å². The van der Waals surface area contributed by atoms with Crippen LogP contribution >= 0.6 is 23.1 Å². The molecule has 0 spiro atoms. The summed E-state index contributed by atoms with van der Waals surface area (Å²) in [5.74, 6) is 0.0365. The molecule has 2 heterocycles. The first-order chi connectivity index (χ1) is 15.5. The number of aromatic nitrogens is 2. The number of carbonyl (C=O) groups is 1. The first-order valence-corrected chi connectivity index (χ1v) is 12.6. The monoisotopic (exact) mass is 460 g/mol. The molecule has 0 saturated carbocycles. The number of thiophene rings is 1. The number of Topliss-reactive ketones (excluding diaryl/α,β-unsaturated/α-hetero) is 1. The van der Waals surface area contributed by atoms with Gasteiger partial charge < -0.3 is 0 Å². The van der Waals surface area contributed by atoms with Gasteiger partial charge in [-0.05, 0) is 57.2 Å². The maximum atomic E-state index is 13.8. The van der Waals surface area contributed by atoms with Crippen molar-refractivity contribution in [2.75, 3.05) is 0 Å². The van der Waals surface area contributed by atoms with Crippen LogP contribution in [0.15, 0.2) is 64.5 Å². The Hall–Kier alpha value is -2.70. The van der Waals surface area contributed by atoms with Crippen LogP contribution in [0.5, 0.6) is 0 Å². The molecule has 0 amide bonds. The van der Waals surface area contributed by atoms with Crippen LogP contribution in [0.4, 0.5) is 0 Å². The second-order valence-electron chi connectivity index (χ2n) is 8.25. The highest BCUT2D eigenvalue weighted by Crippen LogP contribution is 2.36. The van der Waals surface area contributed by atoms with Crippen molar-refractivity contribution in [3.05, 3.63) is 86.5 Å². The van der Waals surface area contributed by atoms with Crippen molar-refractivity contribution >= 4 is 39.1 Å². The Morgan fingerprint density at radius 3 is 2.53 bits per heavy atom. The summed E-state index contributed by atoms with van der Waals surface area (Å²) in [5, 5.41) is 0.960. The molecule has 0 radical (unpaired) electrons. The molecule has 5 rings (SSSR count). The average molecular weight is 461 g/mol. The number of benzene rings is 2. The van der Waals surface area contributed by atoms with Crippen molar-refractivity contribution in [1.82, 2.24) is 9.55 Å². The second kappa shape index (κ2) is 8.68. The Labute approximate surface area is 195 Å². The third-order valence-electron chi connectivity index (χ3n) is 5.96. The smallest absolute Gasteiger partial charge is 0.267 e. The number of rotatable bonds is 5. The number of nitrogens with zero attached hydrogens (tertiary/aromatic N) is 2. The summed E-state index contributed by atoms with van der Waals surface area (Å²) in [6, 6.07) is 17.2. The van der Waals surface area contributed by atoms with Gasteiger partial charge in [-0.1, -0.05) is 59.8 Å². The van der Waals surface area contributed by atoms with Gasteiger partial charge in [0, 0.05) is 10.4 Å². The highest BCUT2D eigenvalue weighted by Gasteiger charge is 2.25. The SMILES string of the molecule is Cc1ccc(C(=O)C(C)Sc2nc3sc4c(c3c(=O)n2-c2ccccc2)CCCC4)cc1. The number of para-hydroxylation sites is 1. The fourth-order valence-corrected chi connectivity index (χ4v) is 6.54. The van der Waals surface area contributed by atoms with E-state index >= 15 is 0 Å². The minimum Gasteiger partial charge on any atom is -0.293 e. The van der Waals surface area contributed by atoms with Crippen LogP contribution in [-0.4, -0.2) is 20.6 Å². The lowest BCUT2D eigenvalue weighted by Crippen LogP contribution is -2.24. The predicted octanol–water partition coefficient (Wildman–Crippen LogP) is 6.00. The molecule has 0 saturated heterocycles. The van der Waals surface area contributed by atoms with Crippen LogP contribution in [0.1, 0.15) is 46.1 Å². The van der Waals surface area contributed by atoms with Gasteiger partial charge in [0.25, 0.3) is 5.56 Å². The first-order valence-electron chi connectivity index (χ1n) is 10.9. The zero-order valence-electron chi connectivity index (χ0n) is 18.1. The summed E-state index contributed by atoms with van der Waals surface area (Å²) < 4.78 is 1.69. The van der Waals surface area contributed by atoms with Crippen molar-refractivity contribution in [3.8, 4) is 5.69 Å². The largest absolute Gasteiger partial charge is 0.293 e. The molecule has 2 aromatic heterocycles. The summed E-state index contributed by atoms with van der Waals surface area (Å²) in [6.45, 7) is 3.89. The lowest BCUT2D eigenvalue weighted by molar-refractivity contribution is 0.0994. The van der Waals surface area contributed by atoms with Crippen LogP contribution < -0.4 is 5.56 Å². The van der Waals surface area contributed by atoms with Gasteiger partial charge in [-0.25, -0.2) is 4.98 Å². The quantitative estimate of drug-likeness (QED) is 0.208. The van der Waals surface area contributed by atoms with E-state index in [9.17, 15) is 9.59 Å². The number of thioether (sulfide) groups is 1. The van der Waals surface area contributed by atoms with E-state index in [4.69, 9.17) is 4.98 Å². The van der Waals surface area contributed by atoms with Gasteiger partial charge in [0.15, 0.2) is 10.9 Å². The molecule has 0 aliphatic heterocycles. The number of ketones is 1. The minimum atomic E-state index is -0.369. The van der Waals surface area contributed by atoms with Crippen molar-refractivity contribution in [3.63, 3.8) is 0 Å². The van der Waals surface area contributed by atoms with Crippen LogP contribution in [0.25, 0.3) is 15.9 Å². The van der Waals surface area contributed by atoms with E-state index < -0.39 is 0 Å². The van der Waals surface area contributed by atoms with Crippen LogP contribution in [0, 0.1) is 6.92 Å². The standard InChI is InChI=1S/C26H24N2O2S2/c1-16-12-14-18(15-13-16)23(29)17(2)31-26-27-24-22(20-10-6-7-11-21(20)32-24)25(30)28(26)19-8-4-3-5-9-19/h3-5,8-9,12-15,17H,6-7,10-11H2,1-2H3. The molecule has 1 unspecified atom stereocenters. The van der Waals surface area contributed by atoms with Gasteiger partial charge in [0.05, 0.1) is 16.3 Å². The number of hydrogen-bond acceptors (Lipinski definition) is 5. The van der Waals surface area contributed by atoms with Gasteiger partial charge in [0.1, 0.15) is 4.83 Å². The summed E-state index contributed by atoms with van der Waals surface area (Å²) in [5.41, 5.74) is 3.72. The number of carbonyl (C=O) groups excluding carboxylic acids is 1. The van der Waals surface area contributed by atoms with Crippen molar-refractivity contribution in [2.45, 2.75) is 49.9 Å². The van der Waals surface area contributed by atoms with Gasteiger partial charge in [-0.3, -0.25) is 14.2 Å². The molecule has 4 nitrogen and oxygen atoms in total.